The van der Waals surface area contributed by atoms with E-state index in [-0.39, 0.29) is 11.3 Å². The Morgan fingerprint density at radius 2 is 1.32 bits per heavy atom. The van der Waals surface area contributed by atoms with Gasteiger partial charge in [-0.15, -0.1) is 13.2 Å². The molecule has 2 N–H and O–H groups in total. The van der Waals surface area contributed by atoms with E-state index in [1.54, 1.807) is 0 Å². The topological polar surface area (TPSA) is 32.3 Å². The monoisotopic (exact) mass is 747 g/mol. The van der Waals surface area contributed by atoms with Crippen molar-refractivity contribution >= 4 is 27.6 Å². The summed E-state index contributed by atoms with van der Waals surface area (Å²) >= 11 is 0. The number of fused-ring (bicyclic) bond motifs is 7. The number of aliphatic hydroxyl groups is 1. The fourth-order valence-corrected chi connectivity index (χ4v) is 9.08. The minimum Gasteiger partial charge on any atom is -0.400 e. The maximum atomic E-state index is 7.00. The van der Waals surface area contributed by atoms with Crippen molar-refractivity contribution < 1.29 is 5.11 Å². The molecule has 0 aliphatic heterocycles. The summed E-state index contributed by atoms with van der Waals surface area (Å²) in [7, 11) is 3.02. The van der Waals surface area contributed by atoms with Gasteiger partial charge in [0, 0.05) is 31.2 Å². The highest BCUT2D eigenvalue weighted by Crippen LogP contribution is 2.58. The maximum absolute atomic E-state index is 7.00. The van der Waals surface area contributed by atoms with Crippen molar-refractivity contribution in [3.05, 3.63) is 233 Å². The second kappa shape index (κ2) is 19.3. The molecule has 2 nitrogen and oxygen atoms in total. The van der Waals surface area contributed by atoms with Crippen LogP contribution < -0.4 is 5.32 Å². The first-order valence-electron chi connectivity index (χ1n) is 20.5. The van der Waals surface area contributed by atoms with Crippen LogP contribution in [-0.4, -0.2) is 19.3 Å². The van der Waals surface area contributed by atoms with Gasteiger partial charge in [0.15, 0.2) is 0 Å². The lowest BCUT2D eigenvalue weighted by Crippen LogP contribution is -2.29. The summed E-state index contributed by atoms with van der Waals surface area (Å²) in [5, 5.41) is 13.2. The number of nitrogens with one attached hydrogen (secondary N) is 1. The molecule has 0 bridgehead atoms. The largest absolute Gasteiger partial charge is 0.400 e. The highest BCUT2D eigenvalue weighted by molar-refractivity contribution is 5.96. The van der Waals surface area contributed by atoms with Crippen LogP contribution in [0.4, 0.5) is 0 Å². The predicted molar refractivity (Wildman–Crippen MR) is 246 cm³/mol. The first kappa shape index (κ1) is 40.7. The smallest absolute Gasteiger partial charge is 0.0497 e. The molecule has 0 saturated heterocycles. The van der Waals surface area contributed by atoms with Crippen LogP contribution in [0.5, 0.6) is 0 Å². The van der Waals surface area contributed by atoms with Gasteiger partial charge in [-0.3, -0.25) is 0 Å². The number of benzene rings is 6. The number of aliphatic hydroxyl groups excluding tert-OH is 1. The zero-order valence-electron chi connectivity index (χ0n) is 34.1. The summed E-state index contributed by atoms with van der Waals surface area (Å²) < 4.78 is 0. The second-order valence-corrected chi connectivity index (χ2v) is 14.3. The molecule has 0 saturated carbocycles. The zero-order valence-corrected chi connectivity index (χ0v) is 34.1. The first-order chi connectivity index (χ1) is 28.2. The average Bonchev–Trinajstić information content (AvgIpc) is 3.56. The Morgan fingerprint density at radius 1 is 0.667 bits per heavy atom. The van der Waals surface area contributed by atoms with Gasteiger partial charge in [0.05, 0.1) is 0 Å². The summed E-state index contributed by atoms with van der Waals surface area (Å²) in [6, 6.07) is 54.1. The minimum absolute atomic E-state index is 0.102. The maximum Gasteiger partial charge on any atom is 0.0497 e. The molecular formula is C55H57NO. The fraction of sp³-hybridized carbons (Fsp3) is 0.200. The molecule has 2 unspecified atom stereocenters. The Bertz CT molecular complexity index is 2400. The van der Waals surface area contributed by atoms with E-state index >= 15 is 0 Å². The highest BCUT2D eigenvalue weighted by atomic mass is 16.2. The molecule has 2 atom stereocenters. The summed E-state index contributed by atoms with van der Waals surface area (Å²) in [6.45, 7) is 10.0. The zero-order chi connectivity index (χ0) is 40.2. The number of hydrogen-bond donors (Lipinski definition) is 2. The van der Waals surface area contributed by atoms with Gasteiger partial charge in [0.25, 0.3) is 0 Å². The van der Waals surface area contributed by atoms with Crippen LogP contribution in [0.3, 0.4) is 0 Å². The van der Waals surface area contributed by atoms with Gasteiger partial charge in [-0.25, -0.2) is 0 Å². The standard InChI is InChI=1S/C50H43N.C2H6.C2H4.CH4O/c1-51-49(37-20-7-3-8-21-37)34-44(35-16-5-2-6-17-35)42-25-15-24-38(30-42)41-27-28-43-45-31-39-22-10-11-23-40(39)32-48(45)50(47(43)33-41)29-14-4-9-18-36-19-12-13-26-46(36)50;3*1-2/h2-8,10-17,19-26,30-34,44,51H,9,18,27-29H2,1H3;1-2H3;1-2H2;2H,1H3/b14-4-,49-34-;;;. The van der Waals surface area contributed by atoms with Crippen molar-refractivity contribution in [1.82, 2.24) is 5.32 Å². The van der Waals surface area contributed by atoms with E-state index in [1.807, 2.05) is 20.9 Å². The summed E-state index contributed by atoms with van der Waals surface area (Å²) in [5.41, 5.74) is 16.4. The van der Waals surface area contributed by atoms with E-state index in [9.17, 15) is 0 Å². The van der Waals surface area contributed by atoms with Crippen LogP contribution in [0.25, 0.3) is 27.6 Å². The van der Waals surface area contributed by atoms with Crippen LogP contribution in [0.2, 0.25) is 0 Å². The van der Waals surface area contributed by atoms with Crippen molar-refractivity contribution in [3.8, 4) is 0 Å². The Kier molecular flexibility index (Phi) is 13.8. The van der Waals surface area contributed by atoms with E-state index in [2.05, 4.69) is 188 Å². The number of allylic oxidation sites excluding steroid dienone is 7. The molecule has 2 heteroatoms. The normalized spacial score (nSPS) is 17.6. The molecule has 6 aromatic carbocycles. The van der Waals surface area contributed by atoms with Crippen LogP contribution >= 0.6 is 0 Å². The SMILES string of the molecule is C=C.CC.CN/C(=C\C(c1ccccc1)c1cccc(C2=CC3=C(CC2)c2cc4ccccc4cc2C32C/C=C\CCc3ccccc32)c1)c1ccccc1.CO. The van der Waals surface area contributed by atoms with Crippen molar-refractivity contribution in [2.45, 2.75) is 57.3 Å². The van der Waals surface area contributed by atoms with Crippen LogP contribution in [0.1, 0.15) is 90.0 Å². The quantitative estimate of drug-likeness (QED) is 0.166. The molecule has 3 aliphatic carbocycles. The highest BCUT2D eigenvalue weighted by Gasteiger charge is 2.47. The van der Waals surface area contributed by atoms with Crippen molar-refractivity contribution in [3.63, 3.8) is 0 Å². The van der Waals surface area contributed by atoms with Crippen molar-refractivity contribution in [2.24, 2.45) is 0 Å². The Labute approximate surface area is 341 Å². The van der Waals surface area contributed by atoms with E-state index in [4.69, 9.17) is 5.11 Å². The van der Waals surface area contributed by atoms with Crippen LogP contribution in [0.15, 0.2) is 189 Å². The number of aryl methyl sites for hydroxylation is 1. The van der Waals surface area contributed by atoms with Crippen LogP contribution in [0, 0.1) is 0 Å². The third-order valence-electron chi connectivity index (χ3n) is 11.5. The summed E-state index contributed by atoms with van der Waals surface area (Å²) in [6.07, 6.45) is 15.1. The van der Waals surface area contributed by atoms with Gasteiger partial charge in [-0.2, -0.15) is 0 Å². The second-order valence-electron chi connectivity index (χ2n) is 14.3. The molecule has 0 amide bonds. The van der Waals surface area contributed by atoms with Gasteiger partial charge >= 0.3 is 0 Å². The lowest BCUT2D eigenvalue weighted by Gasteiger charge is -2.37. The van der Waals surface area contributed by atoms with Gasteiger partial charge < -0.3 is 10.4 Å². The van der Waals surface area contributed by atoms with Gasteiger partial charge in [0.2, 0.25) is 0 Å². The number of hydrogen-bond acceptors (Lipinski definition) is 2. The Balaban J connectivity index is 0.000000876. The molecular weight excluding hydrogens is 691 g/mol. The Morgan fingerprint density at radius 3 is 2.05 bits per heavy atom. The lowest BCUT2D eigenvalue weighted by atomic mass is 9.65. The third-order valence-corrected chi connectivity index (χ3v) is 11.5. The molecule has 0 heterocycles. The fourth-order valence-electron chi connectivity index (χ4n) is 9.08. The van der Waals surface area contributed by atoms with E-state index in [0.29, 0.717) is 0 Å². The molecule has 0 fully saturated rings. The molecule has 288 valence electrons. The number of rotatable bonds is 6. The minimum atomic E-state index is -0.210. The third kappa shape index (κ3) is 8.01. The van der Waals surface area contributed by atoms with Crippen molar-refractivity contribution in [2.75, 3.05) is 14.2 Å². The predicted octanol–water partition coefficient (Wildman–Crippen LogP) is 13.5. The molecule has 0 radical (unpaired) electrons. The summed E-state index contributed by atoms with van der Waals surface area (Å²) in [4.78, 5) is 0. The van der Waals surface area contributed by atoms with Crippen molar-refractivity contribution in [1.29, 1.82) is 0 Å². The molecule has 1 spiro atoms. The van der Waals surface area contributed by atoms with E-state index in [1.165, 1.54) is 72.0 Å². The molecule has 57 heavy (non-hydrogen) atoms. The molecule has 9 rings (SSSR count). The average molecular weight is 748 g/mol. The molecule has 0 aromatic heterocycles. The van der Waals surface area contributed by atoms with Gasteiger partial charge in [0.1, 0.15) is 0 Å². The van der Waals surface area contributed by atoms with Gasteiger partial charge in [-0.1, -0.05) is 166 Å². The van der Waals surface area contributed by atoms with E-state index < -0.39 is 0 Å². The Hall–Kier alpha value is -5.96. The first-order valence-corrected chi connectivity index (χ1v) is 20.5. The molecule has 6 aromatic rings. The van der Waals surface area contributed by atoms with Gasteiger partial charge in [-0.05, 0) is 122 Å². The summed E-state index contributed by atoms with van der Waals surface area (Å²) in [5.74, 6) is 0.102. The van der Waals surface area contributed by atoms with E-state index in [0.717, 1.165) is 44.9 Å². The van der Waals surface area contributed by atoms with Crippen LogP contribution in [-0.2, 0) is 11.8 Å². The molecule has 3 aliphatic rings. The lowest BCUT2D eigenvalue weighted by molar-refractivity contribution is 0.399.